The minimum atomic E-state index is 0.000909. The molecule has 0 aromatic heterocycles. The second kappa shape index (κ2) is 6.92. The lowest BCUT2D eigenvalue weighted by atomic mass is 10.00. The standard InChI is InChI=1S/C17H23N3O2/c1-2-15-9-16(22-19-15)10-18-17(21)12-20-8-7-13-5-3-4-6-14(13)11-20/h3-6,16H,2,7-12H2,1H3,(H,18,21). The Bertz CT molecular complexity index is 571. The first-order chi connectivity index (χ1) is 10.7. The van der Waals surface area contributed by atoms with Crippen LogP contribution in [0.1, 0.15) is 30.9 Å². The van der Waals surface area contributed by atoms with Gasteiger partial charge < -0.3 is 10.2 Å². The van der Waals surface area contributed by atoms with E-state index in [0.717, 1.165) is 38.1 Å². The topological polar surface area (TPSA) is 53.9 Å². The van der Waals surface area contributed by atoms with E-state index in [2.05, 4.69) is 46.6 Å². The molecule has 0 saturated carbocycles. The molecule has 2 aliphatic heterocycles. The number of rotatable bonds is 5. The van der Waals surface area contributed by atoms with Crippen molar-refractivity contribution in [3.8, 4) is 0 Å². The van der Waals surface area contributed by atoms with Crippen molar-refractivity contribution in [3.05, 3.63) is 35.4 Å². The molecule has 0 fully saturated rings. The summed E-state index contributed by atoms with van der Waals surface area (Å²) in [5.74, 6) is 0.0629. The van der Waals surface area contributed by atoms with E-state index in [0.29, 0.717) is 13.1 Å². The SMILES string of the molecule is CCC1=NOC(CNC(=O)CN2CCc3ccccc3C2)C1. The zero-order valence-corrected chi connectivity index (χ0v) is 13.0. The maximum Gasteiger partial charge on any atom is 0.234 e. The molecular weight excluding hydrogens is 278 g/mol. The fourth-order valence-electron chi connectivity index (χ4n) is 2.98. The Morgan fingerprint density at radius 2 is 2.23 bits per heavy atom. The number of carbonyl (C=O) groups is 1. The molecule has 118 valence electrons. The fourth-order valence-corrected chi connectivity index (χ4v) is 2.98. The number of benzene rings is 1. The Morgan fingerprint density at radius 1 is 1.41 bits per heavy atom. The number of nitrogens with zero attached hydrogens (tertiary/aromatic N) is 2. The lowest BCUT2D eigenvalue weighted by Gasteiger charge is -2.28. The van der Waals surface area contributed by atoms with Crippen LogP contribution in [0.2, 0.25) is 0 Å². The van der Waals surface area contributed by atoms with Gasteiger partial charge in [0, 0.05) is 19.5 Å². The second-order valence-corrected chi connectivity index (χ2v) is 5.98. The van der Waals surface area contributed by atoms with Crippen molar-refractivity contribution in [2.45, 2.75) is 38.8 Å². The van der Waals surface area contributed by atoms with Crippen LogP contribution in [-0.4, -0.2) is 42.3 Å². The minimum absolute atomic E-state index is 0.000909. The van der Waals surface area contributed by atoms with Crippen molar-refractivity contribution in [2.75, 3.05) is 19.6 Å². The number of fused-ring (bicyclic) bond motifs is 1. The third-order valence-electron chi connectivity index (χ3n) is 4.31. The fraction of sp³-hybridized carbons (Fsp3) is 0.529. The normalized spacial score (nSPS) is 21.0. The Balaban J connectivity index is 1.42. The number of hydrogen-bond donors (Lipinski definition) is 1. The number of oxime groups is 1. The van der Waals surface area contributed by atoms with Crippen molar-refractivity contribution in [1.82, 2.24) is 10.2 Å². The molecule has 0 aliphatic carbocycles. The summed E-state index contributed by atoms with van der Waals surface area (Å²) in [6.07, 6.45) is 2.76. The number of amides is 1. The number of hydrogen-bond acceptors (Lipinski definition) is 4. The van der Waals surface area contributed by atoms with Crippen LogP contribution in [0, 0.1) is 0 Å². The molecule has 0 radical (unpaired) electrons. The van der Waals surface area contributed by atoms with Crippen LogP contribution in [-0.2, 0) is 22.6 Å². The summed E-state index contributed by atoms with van der Waals surface area (Å²) in [6, 6.07) is 8.46. The zero-order valence-electron chi connectivity index (χ0n) is 13.0. The highest BCUT2D eigenvalue weighted by Crippen LogP contribution is 2.18. The maximum atomic E-state index is 12.1. The first-order valence-electron chi connectivity index (χ1n) is 8.02. The summed E-state index contributed by atoms with van der Waals surface area (Å²) in [6.45, 7) is 4.84. The Hall–Kier alpha value is -1.88. The van der Waals surface area contributed by atoms with E-state index in [1.165, 1.54) is 11.1 Å². The zero-order chi connectivity index (χ0) is 15.4. The van der Waals surface area contributed by atoms with Gasteiger partial charge in [0.05, 0.1) is 18.8 Å². The van der Waals surface area contributed by atoms with E-state index in [-0.39, 0.29) is 12.0 Å². The molecule has 1 aromatic carbocycles. The van der Waals surface area contributed by atoms with Gasteiger partial charge in [0.2, 0.25) is 5.91 Å². The van der Waals surface area contributed by atoms with Crippen molar-refractivity contribution < 1.29 is 9.63 Å². The largest absolute Gasteiger partial charge is 0.390 e. The molecule has 1 aromatic rings. The first-order valence-corrected chi connectivity index (χ1v) is 8.02. The van der Waals surface area contributed by atoms with E-state index in [4.69, 9.17) is 4.84 Å². The molecule has 1 atom stereocenters. The predicted octanol–water partition coefficient (Wildman–Crippen LogP) is 1.72. The Morgan fingerprint density at radius 3 is 3.00 bits per heavy atom. The van der Waals surface area contributed by atoms with E-state index in [9.17, 15) is 4.79 Å². The molecule has 22 heavy (non-hydrogen) atoms. The molecule has 0 saturated heterocycles. The van der Waals surface area contributed by atoms with E-state index in [1.54, 1.807) is 0 Å². The highest BCUT2D eigenvalue weighted by molar-refractivity contribution is 5.85. The number of nitrogens with one attached hydrogen (secondary N) is 1. The van der Waals surface area contributed by atoms with E-state index in [1.807, 2.05) is 0 Å². The molecule has 0 bridgehead atoms. The Kier molecular flexibility index (Phi) is 4.73. The number of carbonyl (C=O) groups excluding carboxylic acids is 1. The summed E-state index contributed by atoms with van der Waals surface area (Å²) >= 11 is 0. The highest BCUT2D eigenvalue weighted by Gasteiger charge is 2.22. The summed E-state index contributed by atoms with van der Waals surface area (Å²) < 4.78 is 0. The van der Waals surface area contributed by atoms with Gasteiger partial charge in [0.25, 0.3) is 0 Å². The van der Waals surface area contributed by atoms with Gasteiger partial charge in [-0.1, -0.05) is 36.3 Å². The van der Waals surface area contributed by atoms with Gasteiger partial charge in [-0.3, -0.25) is 9.69 Å². The van der Waals surface area contributed by atoms with Crippen LogP contribution in [0.4, 0.5) is 0 Å². The van der Waals surface area contributed by atoms with Crippen LogP contribution >= 0.6 is 0 Å². The van der Waals surface area contributed by atoms with Crippen molar-refractivity contribution in [3.63, 3.8) is 0 Å². The molecule has 2 aliphatic rings. The van der Waals surface area contributed by atoms with Gasteiger partial charge in [-0.05, 0) is 24.0 Å². The van der Waals surface area contributed by atoms with Crippen LogP contribution < -0.4 is 5.32 Å². The maximum absolute atomic E-state index is 12.1. The third-order valence-corrected chi connectivity index (χ3v) is 4.31. The van der Waals surface area contributed by atoms with Crippen molar-refractivity contribution in [1.29, 1.82) is 0 Å². The van der Waals surface area contributed by atoms with Gasteiger partial charge in [0.15, 0.2) is 0 Å². The molecule has 2 heterocycles. The molecule has 1 amide bonds. The van der Waals surface area contributed by atoms with Crippen molar-refractivity contribution in [2.24, 2.45) is 5.16 Å². The van der Waals surface area contributed by atoms with E-state index < -0.39 is 0 Å². The van der Waals surface area contributed by atoms with Crippen LogP contribution in [0.5, 0.6) is 0 Å². The van der Waals surface area contributed by atoms with Gasteiger partial charge in [-0.25, -0.2) is 0 Å². The van der Waals surface area contributed by atoms with Gasteiger partial charge in [0.1, 0.15) is 6.10 Å². The quantitative estimate of drug-likeness (QED) is 0.901. The molecule has 5 nitrogen and oxygen atoms in total. The highest BCUT2D eigenvalue weighted by atomic mass is 16.6. The monoisotopic (exact) mass is 301 g/mol. The summed E-state index contributed by atoms with van der Waals surface area (Å²) in [7, 11) is 0. The molecular formula is C17H23N3O2. The molecule has 0 spiro atoms. The predicted molar refractivity (Wildman–Crippen MR) is 85.6 cm³/mol. The van der Waals surface area contributed by atoms with Crippen LogP contribution in [0.15, 0.2) is 29.4 Å². The average molecular weight is 301 g/mol. The lowest BCUT2D eigenvalue weighted by Crippen LogP contribution is -2.42. The molecule has 3 rings (SSSR count). The van der Waals surface area contributed by atoms with Crippen molar-refractivity contribution >= 4 is 11.6 Å². The van der Waals surface area contributed by atoms with Crippen LogP contribution in [0.3, 0.4) is 0 Å². The average Bonchev–Trinajstić information content (AvgIpc) is 3.01. The molecule has 1 N–H and O–H groups in total. The lowest BCUT2D eigenvalue weighted by molar-refractivity contribution is -0.123. The van der Waals surface area contributed by atoms with Crippen LogP contribution in [0.25, 0.3) is 0 Å². The molecule has 5 heteroatoms. The third kappa shape index (κ3) is 3.65. The summed E-state index contributed by atoms with van der Waals surface area (Å²) in [4.78, 5) is 19.6. The second-order valence-electron chi connectivity index (χ2n) is 5.98. The minimum Gasteiger partial charge on any atom is -0.390 e. The summed E-state index contributed by atoms with van der Waals surface area (Å²) in [5.41, 5.74) is 3.82. The smallest absolute Gasteiger partial charge is 0.234 e. The van der Waals surface area contributed by atoms with Gasteiger partial charge >= 0.3 is 0 Å². The first kappa shape index (κ1) is 15.0. The molecule has 1 unspecified atom stereocenters. The summed E-state index contributed by atoms with van der Waals surface area (Å²) in [5, 5.41) is 6.97. The van der Waals surface area contributed by atoms with E-state index >= 15 is 0 Å². The van der Waals surface area contributed by atoms with Gasteiger partial charge in [-0.2, -0.15) is 0 Å². The van der Waals surface area contributed by atoms with Gasteiger partial charge in [-0.15, -0.1) is 0 Å². The Labute approximate surface area is 131 Å².